The van der Waals surface area contributed by atoms with Crippen LogP contribution in [-0.4, -0.2) is 65.7 Å². The topological polar surface area (TPSA) is 85.2 Å². The van der Waals surface area contributed by atoms with Crippen LogP contribution in [0, 0.1) is 10.1 Å². The number of non-ortho nitro benzene ring substituents is 1. The van der Waals surface area contributed by atoms with E-state index in [1.165, 1.54) is 12.1 Å². The van der Waals surface area contributed by atoms with Crippen molar-refractivity contribution < 1.29 is 19.2 Å². The van der Waals surface area contributed by atoms with Crippen molar-refractivity contribution in [2.75, 3.05) is 39.3 Å². The van der Waals surface area contributed by atoms with Crippen molar-refractivity contribution in [1.29, 1.82) is 0 Å². The van der Waals surface area contributed by atoms with Crippen LogP contribution >= 0.6 is 0 Å². The van der Waals surface area contributed by atoms with Crippen molar-refractivity contribution in [1.82, 2.24) is 9.80 Å². The summed E-state index contributed by atoms with van der Waals surface area (Å²) in [6.07, 6.45) is -0.278. The molecular weight excluding hydrogens is 326 g/mol. The van der Waals surface area contributed by atoms with Crippen molar-refractivity contribution in [2.24, 2.45) is 0 Å². The fraction of sp³-hybridized carbons (Fsp3) is 0.588. The van der Waals surface area contributed by atoms with Crippen molar-refractivity contribution in [2.45, 2.75) is 26.4 Å². The number of nitrogens with zero attached hydrogens (tertiary/aromatic N) is 3. The molecular formula is C17H25N3O5. The molecule has 8 nitrogen and oxygen atoms in total. The SMILES string of the molecule is CC(C)(C)OC(=O)N1CCN(CCOc2cccc([N+](=O)[O-])c2)CC1. The third-order valence-electron chi connectivity index (χ3n) is 3.73. The van der Waals surface area contributed by atoms with Crippen LogP contribution in [-0.2, 0) is 4.74 Å². The van der Waals surface area contributed by atoms with E-state index < -0.39 is 10.5 Å². The van der Waals surface area contributed by atoms with Gasteiger partial charge >= 0.3 is 6.09 Å². The number of ether oxygens (including phenoxy) is 2. The standard InChI is InChI=1S/C17H25N3O5/c1-17(2,3)25-16(21)19-9-7-18(8-10-19)11-12-24-15-6-4-5-14(13-15)20(22)23/h4-6,13H,7-12H2,1-3H3. The molecule has 1 heterocycles. The molecule has 1 aliphatic rings. The molecule has 0 aromatic heterocycles. The number of carbonyl (C=O) groups excluding carboxylic acids is 1. The summed E-state index contributed by atoms with van der Waals surface area (Å²) in [5.41, 5.74) is -0.469. The lowest BCUT2D eigenvalue weighted by Gasteiger charge is -2.35. The summed E-state index contributed by atoms with van der Waals surface area (Å²) in [6, 6.07) is 6.16. The molecule has 0 bridgehead atoms. The van der Waals surface area contributed by atoms with Crippen molar-refractivity contribution in [3.63, 3.8) is 0 Å². The van der Waals surface area contributed by atoms with Crippen LogP contribution in [0.15, 0.2) is 24.3 Å². The second-order valence-electron chi connectivity index (χ2n) is 6.91. The Labute approximate surface area is 147 Å². The zero-order valence-corrected chi connectivity index (χ0v) is 14.9. The summed E-state index contributed by atoms with van der Waals surface area (Å²) in [5, 5.41) is 10.7. The first-order valence-electron chi connectivity index (χ1n) is 8.32. The quantitative estimate of drug-likeness (QED) is 0.599. The van der Waals surface area contributed by atoms with Gasteiger partial charge in [-0.1, -0.05) is 6.07 Å². The lowest BCUT2D eigenvalue weighted by atomic mass is 10.2. The lowest BCUT2D eigenvalue weighted by molar-refractivity contribution is -0.384. The van der Waals surface area contributed by atoms with E-state index >= 15 is 0 Å². The van der Waals surface area contributed by atoms with Gasteiger partial charge in [-0.3, -0.25) is 15.0 Å². The second kappa shape index (κ2) is 8.15. The van der Waals surface area contributed by atoms with E-state index in [0.717, 1.165) is 13.1 Å². The Hall–Kier alpha value is -2.35. The van der Waals surface area contributed by atoms with Gasteiger partial charge in [-0.2, -0.15) is 0 Å². The van der Waals surface area contributed by atoms with Gasteiger partial charge in [-0.25, -0.2) is 4.79 Å². The minimum absolute atomic E-state index is 0.0171. The maximum absolute atomic E-state index is 12.0. The summed E-state index contributed by atoms with van der Waals surface area (Å²) >= 11 is 0. The van der Waals surface area contributed by atoms with Gasteiger partial charge in [0, 0.05) is 38.8 Å². The molecule has 0 atom stereocenters. The highest BCUT2D eigenvalue weighted by atomic mass is 16.6. The van der Waals surface area contributed by atoms with Crippen LogP contribution in [0.2, 0.25) is 0 Å². The van der Waals surface area contributed by atoms with Gasteiger partial charge in [-0.05, 0) is 26.8 Å². The van der Waals surface area contributed by atoms with E-state index in [9.17, 15) is 14.9 Å². The summed E-state index contributed by atoms with van der Waals surface area (Å²) in [6.45, 7) is 9.43. The monoisotopic (exact) mass is 351 g/mol. The summed E-state index contributed by atoms with van der Waals surface area (Å²) < 4.78 is 11.0. The molecule has 0 aliphatic carbocycles. The Bertz CT molecular complexity index is 607. The molecule has 1 aromatic carbocycles. The van der Waals surface area contributed by atoms with Crippen LogP contribution < -0.4 is 4.74 Å². The number of benzene rings is 1. The maximum Gasteiger partial charge on any atom is 0.410 e. The van der Waals surface area contributed by atoms with E-state index in [-0.39, 0.29) is 11.8 Å². The van der Waals surface area contributed by atoms with E-state index in [4.69, 9.17) is 9.47 Å². The van der Waals surface area contributed by atoms with E-state index in [0.29, 0.717) is 32.0 Å². The van der Waals surface area contributed by atoms with Gasteiger partial charge in [0.15, 0.2) is 0 Å². The maximum atomic E-state index is 12.0. The zero-order chi connectivity index (χ0) is 18.4. The number of piperazine rings is 1. The van der Waals surface area contributed by atoms with Gasteiger partial charge in [0.05, 0.1) is 11.0 Å². The Morgan fingerprint density at radius 1 is 1.24 bits per heavy atom. The van der Waals surface area contributed by atoms with Gasteiger partial charge in [-0.15, -0.1) is 0 Å². The molecule has 1 aliphatic heterocycles. The first-order valence-corrected chi connectivity index (χ1v) is 8.32. The summed E-state index contributed by atoms with van der Waals surface area (Å²) in [4.78, 5) is 26.2. The third kappa shape index (κ3) is 6.22. The molecule has 0 radical (unpaired) electrons. The molecule has 2 rings (SSSR count). The molecule has 1 saturated heterocycles. The van der Waals surface area contributed by atoms with Crippen molar-refractivity contribution in [3.8, 4) is 5.75 Å². The van der Waals surface area contributed by atoms with Gasteiger partial charge < -0.3 is 14.4 Å². The second-order valence-corrected chi connectivity index (χ2v) is 6.91. The highest BCUT2D eigenvalue weighted by Crippen LogP contribution is 2.19. The van der Waals surface area contributed by atoms with Crippen molar-refractivity contribution in [3.05, 3.63) is 34.4 Å². The summed E-state index contributed by atoms with van der Waals surface area (Å²) in [5.74, 6) is 0.488. The molecule has 0 spiro atoms. The normalized spacial score (nSPS) is 15.7. The zero-order valence-electron chi connectivity index (χ0n) is 14.9. The number of hydrogen-bond donors (Lipinski definition) is 0. The minimum Gasteiger partial charge on any atom is -0.492 e. The Kier molecular flexibility index (Phi) is 6.19. The predicted molar refractivity (Wildman–Crippen MR) is 92.8 cm³/mol. The first-order chi connectivity index (χ1) is 11.7. The van der Waals surface area contributed by atoms with E-state index in [2.05, 4.69) is 4.90 Å². The number of rotatable bonds is 5. The average molecular weight is 351 g/mol. The van der Waals surface area contributed by atoms with Gasteiger partial charge in [0.1, 0.15) is 18.0 Å². The van der Waals surface area contributed by atoms with Gasteiger partial charge in [0.25, 0.3) is 5.69 Å². The fourth-order valence-electron chi connectivity index (χ4n) is 2.46. The smallest absolute Gasteiger partial charge is 0.410 e. The fourth-order valence-corrected chi connectivity index (χ4v) is 2.46. The van der Waals surface area contributed by atoms with Crippen molar-refractivity contribution >= 4 is 11.8 Å². The number of nitro groups is 1. The van der Waals surface area contributed by atoms with Crippen LogP contribution in [0.4, 0.5) is 10.5 Å². The largest absolute Gasteiger partial charge is 0.492 e. The molecule has 1 fully saturated rings. The van der Waals surface area contributed by atoms with E-state index in [1.807, 2.05) is 20.8 Å². The molecule has 0 unspecified atom stereocenters. The Balaban J connectivity index is 1.71. The first kappa shape index (κ1) is 19.0. The molecule has 25 heavy (non-hydrogen) atoms. The Morgan fingerprint density at radius 3 is 2.52 bits per heavy atom. The third-order valence-corrected chi connectivity index (χ3v) is 3.73. The number of nitro benzene ring substituents is 1. The van der Waals surface area contributed by atoms with Crippen LogP contribution in [0.25, 0.3) is 0 Å². The highest BCUT2D eigenvalue weighted by molar-refractivity contribution is 5.68. The number of hydrogen-bond acceptors (Lipinski definition) is 6. The molecule has 8 heteroatoms. The summed E-state index contributed by atoms with van der Waals surface area (Å²) in [7, 11) is 0. The number of carbonyl (C=O) groups is 1. The van der Waals surface area contributed by atoms with Crippen LogP contribution in [0.1, 0.15) is 20.8 Å². The highest BCUT2D eigenvalue weighted by Gasteiger charge is 2.25. The molecule has 1 amide bonds. The van der Waals surface area contributed by atoms with Crippen LogP contribution in [0.3, 0.4) is 0 Å². The molecule has 138 valence electrons. The molecule has 0 N–H and O–H groups in total. The van der Waals surface area contributed by atoms with Crippen LogP contribution in [0.5, 0.6) is 5.75 Å². The number of amides is 1. The van der Waals surface area contributed by atoms with Gasteiger partial charge in [0.2, 0.25) is 0 Å². The molecule has 0 saturated carbocycles. The Morgan fingerprint density at radius 2 is 1.92 bits per heavy atom. The lowest BCUT2D eigenvalue weighted by Crippen LogP contribution is -2.50. The van der Waals surface area contributed by atoms with E-state index in [1.54, 1.807) is 17.0 Å². The minimum atomic E-state index is -0.486. The predicted octanol–water partition coefficient (Wildman–Crippen LogP) is 2.53. The molecule has 1 aromatic rings. The average Bonchev–Trinajstić information content (AvgIpc) is 2.54.